The number of likely N-dealkylation sites (tertiary alicyclic amines) is 1. The number of morpholine rings is 1. The average molecular weight is 374 g/mol. The lowest BCUT2D eigenvalue weighted by molar-refractivity contribution is -0.168. The molecule has 1 aromatic rings. The highest BCUT2D eigenvalue weighted by Gasteiger charge is 2.43. The molecule has 6 heteroatoms. The van der Waals surface area contributed by atoms with Crippen molar-refractivity contribution in [2.45, 2.75) is 51.4 Å². The van der Waals surface area contributed by atoms with Crippen LogP contribution in [0.3, 0.4) is 0 Å². The molecular weight excluding hydrogens is 344 g/mol. The normalized spacial score (nSPS) is 25.0. The SMILES string of the molecule is Cc1ccccc1[C@@H]1[C@@H](C(=O)N2CCC(C(C)(C)O)CC2)OCC(=O)N1C. The van der Waals surface area contributed by atoms with Gasteiger partial charge in [-0.2, -0.15) is 0 Å². The Bertz CT molecular complexity index is 704. The van der Waals surface area contributed by atoms with Crippen LogP contribution in [0.15, 0.2) is 24.3 Å². The van der Waals surface area contributed by atoms with Crippen LogP contribution in [0, 0.1) is 12.8 Å². The monoisotopic (exact) mass is 374 g/mol. The van der Waals surface area contributed by atoms with E-state index in [4.69, 9.17) is 4.74 Å². The Morgan fingerprint density at radius 3 is 2.44 bits per heavy atom. The molecule has 0 unspecified atom stereocenters. The number of hydrogen-bond acceptors (Lipinski definition) is 4. The van der Waals surface area contributed by atoms with Gasteiger partial charge in [-0.05, 0) is 50.7 Å². The smallest absolute Gasteiger partial charge is 0.254 e. The Kier molecular flexibility index (Phi) is 5.58. The van der Waals surface area contributed by atoms with Crippen LogP contribution in [0.1, 0.15) is 43.9 Å². The van der Waals surface area contributed by atoms with Crippen LogP contribution in [0.25, 0.3) is 0 Å². The molecule has 1 N–H and O–H groups in total. The van der Waals surface area contributed by atoms with Gasteiger partial charge in [-0.3, -0.25) is 9.59 Å². The molecular formula is C21H30N2O4. The van der Waals surface area contributed by atoms with Crippen molar-refractivity contribution < 1.29 is 19.4 Å². The molecule has 2 atom stereocenters. The van der Waals surface area contributed by atoms with Gasteiger partial charge in [0.05, 0.1) is 11.6 Å². The van der Waals surface area contributed by atoms with Crippen molar-refractivity contribution >= 4 is 11.8 Å². The summed E-state index contributed by atoms with van der Waals surface area (Å²) in [4.78, 5) is 29.0. The Morgan fingerprint density at radius 1 is 1.22 bits per heavy atom. The first kappa shape index (κ1) is 19.8. The van der Waals surface area contributed by atoms with Crippen molar-refractivity contribution in [3.05, 3.63) is 35.4 Å². The van der Waals surface area contributed by atoms with E-state index >= 15 is 0 Å². The highest BCUT2D eigenvalue weighted by Crippen LogP contribution is 2.34. The number of ether oxygens (including phenoxy) is 1. The summed E-state index contributed by atoms with van der Waals surface area (Å²) in [5, 5.41) is 10.2. The van der Waals surface area contributed by atoms with Crippen molar-refractivity contribution in [2.24, 2.45) is 5.92 Å². The van der Waals surface area contributed by atoms with Crippen molar-refractivity contribution in [3.63, 3.8) is 0 Å². The van der Waals surface area contributed by atoms with Gasteiger partial charge in [0.15, 0.2) is 6.10 Å². The molecule has 2 aliphatic heterocycles. The van der Waals surface area contributed by atoms with Crippen LogP contribution >= 0.6 is 0 Å². The summed E-state index contributed by atoms with van der Waals surface area (Å²) >= 11 is 0. The zero-order chi connectivity index (χ0) is 19.8. The first-order valence-electron chi connectivity index (χ1n) is 9.64. The van der Waals surface area contributed by atoms with E-state index in [9.17, 15) is 14.7 Å². The van der Waals surface area contributed by atoms with Gasteiger partial charge >= 0.3 is 0 Å². The predicted molar refractivity (Wildman–Crippen MR) is 102 cm³/mol. The number of aryl methyl sites for hydroxylation is 1. The Balaban J connectivity index is 1.80. The molecule has 2 heterocycles. The number of likely N-dealkylation sites (N-methyl/N-ethyl adjacent to an activating group) is 1. The van der Waals surface area contributed by atoms with E-state index in [1.807, 2.05) is 49.9 Å². The first-order chi connectivity index (χ1) is 12.7. The number of amides is 2. The van der Waals surface area contributed by atoms with E-state index in [0.29, 0.717) is 13.1 Å². The van der Waals surface area contributed by atoms with Gasteiger partial charge in [0.1, 0.15) is 6.61 Å². The minimum Gasteiger partial charge on any atom is -0.390 e. The molecule has 1 aromatic carbocycles. The lowest BCUT2D eigenvalue weighted by Gasteiger charge is -2.43. The second-order valence-corrected chi connectivity index (χ2v) is 8.29. The summed E-state index contributed by atoms with van der Waals surface area (Å²) in [7, 11) is 1.74. The van der Waals surface area contributed by atoms with Gasteiger partial charge in [0.2, 0.25) is 5.91 Å². The molecule has 3 rings (SSSR count). The average Bonchev–Trinajstić information content (AvgIpc) is 2.63. The lowest BCUT2D eigenvalue weighted by atomic mass is 9.83. The fourth-order valence-electron chi connectivity index (χ4n) is 4.20. The zero-order valence-corrected chi connectivity index (χ0v) is 16.6. The topological polar surface area (TPSA) is 70.1 Å². The Morgan fingerprint density at radius 2 is 1.85 bits per heavy atom. The number of nitrogens with zero attached hydrogens (tertiary/aromatic N) is 2. The van der Waals surface area contributed by atoms with E-state index in [-0.39, 0.29) is 24.3 Å². The second kappa shape index (κ2) is 7.60. The Labute approximate surface area is 161 Å². The van der Waals surface area contributed by atoms with Gasteiger partial charge in [-0.1, -0.05) is 24.3 Å². The molecule has 27 heavy (non-hydrogen) atoms. The molecule has 0 saturated carbocycles. The molecule has 0 bridgehead atoms. The molecule has 6 nitrogen and oxygen atoms in total. The first-order valence-corrected chi connectivity index (χ1v) is 9.64. The van der Waals surface area contributed by atoms with E-state index < -0.39 is 17.7 Å². The van der Waals surface area contributed by atoms with Crippen molar-refractivity contribution in [2.75, 3.05) is 26.7 Å². The summed E-state index contributed by atoms with van der Waals surface area (Å²) in [6.07, 6.45) is 0.838. The molecule has 0 radical (unpaired) electrons. The lowest BCUT2D eigenvalue weighted by Crippen LogP contribution is -2.55. The summed E-state index contributed by atoms with van der Waals surface area (Å²) in [6.45, 7) is 6.77. The van der Waals surface area contributed by atoms with Gasteiger partial charge < -0.3 is 19.6 Å². The largest absolute Gasteiger partial charge is 0.390 e. The Hall–Kier alpha value is -1.92. The number of benzene rings is 1. The summed E-state index contributed by atoms with van der Waals surface area (Å²) in [6, 6.07) is 7.39. The van der Waals surface area contributed by atoms with Gasteiger partial charge in [-0.15, -0.1) is 0 Å². The van der Waals surface area contributed by atoms with Crippen LogP contribution in [0.5, 0.6) is 0 Å². The van der Waals surface area contributed by atoms with E-state index in [2.05, 4.69) is 0 Å². The van der Waals surface area contributed by atoms with E-state index in [0.717, 1.165) is 24.0 Å². The fourth-order valence-corrected chi connectivity index (χ4v) is 4.20. The maximum Gasteiger partial charge on any atom is 0.254 e. The maximum atomic E-state index is 13.3. The molecule has 0 aliphatic carbocycles. The fraction of sp³-hybridized carbons (Fsp3) is 0.619. The van der Waals surface area contributed by atoms with Crippen molar-refractivity contribution in [3.8, 4) is 0 Å². The van der Waals surface area contributed by atoms with E-state index in [1.54, 1.807) is 11.9 Å². The minimum atomic E-state index is -0.729. The maximum absolute atomic E-state index is 13.3. The number of carbonyl (C=O) groups excluding carboxylic acids is 2. The van der Waals surface area contributed by atoms with Gasteiger partial charge in [0, 0.05) is 20.1 Å². The third-order valence-corrected chi connectivity index (χ3v) is 6.04. The third-order valence-electron chi connectivity index (χ3n) is 6.04. The highest BCUT2D eigenvalue weighted by atomic mass is 16.5. The number of rotatable bonds is 3. The number of carbonyl (C=O) groups is 2. The van der Waals surface area contributed by atoms with Gasteiger partial charge in [0.25, 0.3) is 5.91 Å². The summed E-state index contributed by atoms with van der Waals surface area (Å²) < 4.78 is 5.76. The molecule has 0 aromatic heterocycles. The summed E-state index contributed by atoms with van der Waals surface area (Å²) in [5.74, 6) is -0.00455. The molecule has 2 saturated heterocycles. The minimum absolute atomic E-state index is 0.0724. The quantitative estimate of drug-likeness (QED) is 0.877. The molecule has 2 aliphatic rings. The molecule has 2 fully saturated rings. The molecule has 148 valence electrons. The zero-order valence-electron chi connectivity index (χ0n) is 16.6. The molecule has 0 spiro atoms. The third kappa shape index (κ3) is 4.01. The van der Waals surface area contributed by atoms with Crippen LogP contribution in [0.2, 0.25) is 0 Å². The van der Waals surface area contributed by atoms with Crippen LogP contribution in [-0.2, 0) is 14.3 Å². The van der Waals surface area contributed by atoms with E-state index in [1.165, 1.54) is 0 Å². The van der Waals surface area contributed by atoms with Crippen LogP contribution in [0.4, 0.5) is 0 Å². The predicted octanol–water partition coefficient (Wildman–Crippen LogP) is 1.90. The number of piperidine rings is 1. The second-order valence-electron chi connectivity index (χ2n) is 8.29. The van der Waals surface area contributed by atoms with Crippen molar-refractivity contribution in [1.82, 2.24) is 9.80 Å². The number of aliphatic hydroxyl groups is 1. The van der Waals surface area contributed by atoms with Crippen LogP contribution < -0.4 is 0 Å². The standard InChI is InChI=1S/C21H30N2O4/c1-14-7-5-6-8-16(14)18-19(27-13-17(24)22(18)4)20(25)23-11-9-15(10-12-23)21(2,3)26/h5-8,15,18-19,26H,9-13H2,1-4H3/t18-,19+/m1/s1. The van der Waals surface area contributed by atoms with Crippen LogP contribution in [-0.4, -0.2) is 65.2 Å². The molecule has 2 amide bonds. The van der Waals surface area contributed by atoms with Crippen molar-refractivity contribution in [1.29, 1.82) is 0 Å². The number of hydrogen-bond donors (Lipinski definition) is 1. The summed E-state index contributed by atoms with van der Waals surface area (Å²) in [5.41, 5.74) is 1.25. The highest BCUT2D eigenvalue weighted by molar-refractivity contribution is 5.86. The van der Waals surface area contributed by atoms with Gasteiger partial charge in [-0.25, -0.2) is 0 Å².